The van der Waals surface area contributed by atoms with E-state index in [-0.39, 0.29) is 30.9 Å². The van der Waals surface area contributed by atoms with Crippen molar-refractivity contribution in [1.29, 1.82) is 0 Å². The van der Waals surface area contributed by atoms with Gasteiger partial charge in [-0.25, -0.2) is 0 Å². The van der Waals surface area contributed by atoms with Crippen molar-refractivity contribution in [3.05, 3.63) is 48.5 Å². The number of benzene rings is 2. The predicted molar refractivity (Wildman–Crippen MR) is 121 cm³/mol. The second-order valence-corrected chi connectivity index (χ2v) is 8.48. The maximum atomic E-state index is 13.2. The molecule has 0 spiro atoms. The number of amides is 2. The molecule has 0 N–H and O–H groups in total. The third-order valence-corrected chi connectivity index (χ3v) is 6.47. The fraction of sp³-hybridized carbons (Fsp3) is 0.348. The summed E-state index contributed by atoms with van der Waals surface area (Å²) in [6, 6.07) is 15.1. The lowest BCUT2D eigenvalue weighted by Gasteiger charge is -2.35. The van der Waals surface area contributed by atoms with Crippen LogP contribution in [0.25, 0.3) is 5.69 Å². The molecule has 34 heavy (non-hydrogen) atoms. The van der Waals surface area contributed by atoms with Crippen molar-refractivity contribution in [2.24, 2.45) is 5.92 Å². The second kappa shape index (κ2) is 8.32. The standard InChI is InChI=1S/C23H23N7O4/c31-21-12-16(14-29(21)18-6-7-19-20(13-18)34-15-33-19)22(32)27-8-10-28(11-9-27)23-24-25-26-30(23)17-4-2-1-3-5-17/h1-7,13,16H,8-12,14-15H2. The molecule has 0 aliphatic carbocycles. The molecular formula is C23H23N7O4. The van der Waals surface area contributed by atoms with Gasteiger partial charge in [0.25, 0.3) is 0 Å². The van der Waals surface area contributed by atoms with Crippen molar-refractivity contribution in [2.45, 2.75) is 6.42 Å². The van der Waals surface area contributed by atoms with Crippen LogP contribution in [-0.4, -0.2) is 76.4 Å². The number of rotatable bonds is 4. The SMILES string of the molecule is O=C(C1CC(=O)N(c2ccc3c(c2)OCO3)C1)N1CCN(c2nnnn2-c2ccccc2)CC1. The monoisotopic (exact) mass is 461 g/mol. The first-order valence-corrected chi connectivity index (χ1v) is 11.2. The molecule has 11 nitrogen and oxygen atoms in total. The molecule has 1 aromatic heterocycles. The fourth-order valence-electron chi connectivity index (χ4n) is 4.68. The topological polar surface area (TPSA) is 106 Å². The van der Waals surface area contributed by atoms with Gasteiger partial charge < -0.3 is 24.2 Å². The van der Waals surface area contributed by atoms with Crippen LogP contribution in [0.3, 0.4) is 0 Å². The molecule has 174 valence electrons. The molecular weight excluding hydrogens is 438 g/mol. The predicted octanol–water partition coefficient (Wildman–Crippen LogP) is 1.09. The number of nitrogens with zero attached hydrogens (tertiary/aromatic N) is 7. The molecule has 6 rings (SSSR count). The summed E-state index contributed by atoms with van der Waals surface area (Å²) < 4.78 is 12.5. The zero-order valence-corrected chi connectivity index (χ0v) is 18.4. The zero-order valence-electron chi connectivity index (χ0n) is 18.4. The third kappa shape index (κ3) is 3.58. The summed E-state index contributed by atoms with van der Waals surface area (Å²) in [6.45, 7) is 2.88. The van der Waals surface area contributed by atoms with Crippen LogP contribution in [-0.2, 0) is 9.59 Å². The summed E-state index contributed by atoms with van der Waals surface area (Å²) >= 11 is 0. The number of hydrogen-bond donors (Lipinski definition) is 0. The lowest BCUT2D eigenvalue weighted by molar-refractivity contribution is -0.136. The molecule has 1 atom stereocenters. The summed E-state index contributed by atoms with van der Waals surface area (Å²) in [6.07, 6.45) is 0.208. The summed E-state index contributed by atoms with van der Waals surface area (Å²) in [7, 11) is 0. The maximum absolute atomic E-state index is 13.2. The number of carbonyl (C=O) groups excluding carboxylic acids is 2. The normalized spacial score (nSPS) is 19.7. The van der Waals surface area contributed by atoms with Gasteiger partial charge in [0.2, 0.25) is 24.6 Å². The molecule has 2 saturated heterocycles. The van der Waals surface area contributed by atoms with Crippen molar-refractivity contribution >= 4 is 23.5 Å². The van der Waals surface area contributed by atoms with Crippen LogP contribution >= 0.6 is 0 Å². The zero-order chi connectivity index (χ0) is 23.1. The van der Waals surface area contributed by atoms with Crippen LogP contribution < -0.4 is 19.3 Å². The minimum Gasteiger partial charge on any atom is -0.454 e. The van der Waals surface area contributed by atoms with E-state index >= 15 is 0 Å². The minimum atomic E-state index is -0.362. The van der Waals surface area contributed by atoms with Crippen molar-refractivity contribution in [2.75, 3.05) is 49.3 Å². The van der Waals surface area contributed by atoms with Crippen LogP contribution in [0.4, 0.5) is 11.6 Å². The highest BCUT2D eigenvalue weighted by Crippen LogP contribution is 2.37. The Morgan fingerprint density at radius 2 is 1.74 bits per heavy atom. The van der Waals surface area contributed by atoms with Gasteiger partial charge >= 0.3 is 0 Å². The first-order chi connectivity index (χ1) is 16.7. The van der Waals surface area contributed by atoms with Crippen LogP contribution in [0.1, 0.15) is 6.42 Å². The van der Waals surface area contributed by atoms with Gasteiger partial charge in [0.1, 0.15) is 0 Å². The summed E-state index contributed by atoms with van der Waals surface area (Å²) in [4.78, 5) is 31.5. The van der Waals surface area contributed by atoms with Crippen molar-refractivity contribution < 1.29 is 19.1 Å². The molecule has 2 aromatic carbocycles. The number of tetrazole rings is 1. The Bertz CT molecular complexity index is 1220. The Morgan fingerprint density at radius 1 is 0.941 bits per heavy atom. The highest BCUT2D eigenvalue weighted by atomic mass is 16.7. The second-order valence-electron chi connectivity index (χ2n) is 8.48. The average Bonchev–Trinajstić information content (AvgIpc) is 3.63. The number of aromatic nitrogens is 4. The number of piperazine rings is 1. The van der Waals surface area contributed by atoms with Gasteiger partial charge in [0, 0.05) is 50.9 Å². The van der Waals surface area contributed by atoms with Crippen molar-refractivity contribution in [1.82, 2.24) is 25.1 Å². The van der Waals surface area contributed by atoms with E-state index in [4.69, 9.17) is 9.47 Å². The van der Waals surface area contributed by atoms with E-state index < -0.39 is 0 Å². The summed E-state index contributed by atoms with van der Waals surface area (Å²) in [5.41, 5.74) is 1.61. The fourth-order valence-corrected chi connectivity index (χ4v) is 4.68. The van der Waals surface area contributed by atoms with E-state index in [1.54, 1.807) is 21.7 Å². The van der Waals surface area contributed by atoms with Gasteiger partial charge in [0.05, 0.1) is 11.6 Å². The van der Waals surface area contributed by atoms with Gasteiger partial charge in [-0.15, -0.1) is 0 Å². The van der Waals surface area contributed by atoms with E-state index in [1.807, 2.05) is 41.3 Å². The number of ether oxygens (including phenoxy) is 2. The Labute approximate surface area is 195 Å². The van der Waals surface area contributed by atoms with E-state index in [1.165, 1.54) is 0 Å². The van der Waals surface area contributed by atoms with E-state index in [2.05, 4.69) is 20.4 Å². The molecule has 2 fully saturated rings. The highest BCUT2D eigenvalue weighted by Gasteiger charge is 2.38. The lowest BCUT2D eigenvalue weighted by atomic mass is 10.1. The first-order valence-electron chi connectivity index (χ1n) is 11.2. The Morgan fingerprint density at radius 3 is 2.56 bits per heavy atom. The molecule has 3 aromatic rings. The summed E-state index contributed by atoms with van der Waals surface area (Å²) in [5, 5.41) is 12.2. The first kappa shape index (κ1) is 20.5. The Balaban J connectivity index is 1.10. The largest absolute Gasteiger partial charge is 0.454 e. The molecule has 2 amide bonds. The molecule has 0 bridgehead atoms. The third-order valence-electron chi connectivity index (χ3n) is 6.47. The number of fused-ring (bicyclic) bond motifs is 1. The van der Waals surface area contributed by atoms with Crippen LogP contribution in [0.15, 0.2) is 48.5 Å². The molecule has 11 heteroatoms. The van der Waals surface area contributed by atoms with Crippen molar-refractivity contribution in [3.63, 3.8) is 0 Å². The van der Waals surface area contributed by atoms with Crippen molar-refractivity contribution in [3.8, 4) is 17.2 Å². The smallest absolute Gasteiger partial charge is 0.250 e. The van der Waals surface area contributed by atoms with E-state index in [9.17, 15) is 9.59 Å². The molecule has 1 unspecified atom stereocenters. The van der Waals surface area contributed by atoms with Gasteiger partial charge in [-0.1, -0.05) is 23.3 Å². The van der Waals surface area contributed by atoms with Crippen LogP contribution in [0.2, 0.25) is 0 Å². The average molecular weight is 461 g/mol. The number of anilines is 2. The quantitative estimate of drug-likeness (QED) is 0.569. The minimum absolute atomic E-state index is 0.0129. The number of carbonyl (C=O) groups is 2. The van der Waals surface area contributed by atoms with E-state index in [0.717, 1.165) is 11.4 Å². The molecule has 0 radical (unpaired) electrons. The van der Waals surface area contributed by atoms with Gasteiger partial charge in [-0.2, -0.15) is 4.68 Å². The molecule has 3 aliphatic rings. The Hall–Kier alpha value is -4.15. The van der Waals surface area contributed by atoms with Gasteiger partial charge in [0.15, 0.2) is 11.5 Å². The van der Waals surface area contributed by atoms with E-state index in [0.29, 0.717) is 50.2 Å². The number of para-hydroxylation sites is 1. The van der Waals surface area contributed by atoms with Gasteiger partial charge in [-0.3, -0.25) is 9.59 Å². The highest BCUT2D eigenvalue weighted by molar-refractivity contribution is 6.00. The molecule has 0 saturated carbocycles. The molecule has 4 heterocycles. The molecule has 3 aliphatic heterocycles. The Kier molecular flexibility index (Phi) is 5.01. The maximum Gasteiger partial charge on any atom is 0.250 e. The number of hydrogen-bond acceptors (Lipinski definition) is 8. The van der Waals surface area contributed by atoms with Crippen LogP contribution in [0, 0.1) is 5.92 Å². The summed E-state index contributed by atoms with van der Waals surface area (Å²) in [5.74, 6) is 1.53. The van der Waals surface area contributed by atoms with Crippen LogP contribution in [0.5, 0.6) is 11.5 Å². The van der Waals surface area contributed by atoms with Gasteiger partial charge in [-0.05, 0) is 34.7 Å². The lowest BCUT2D eigenvalue weighted by Crippen LogP contribution is -2.51.